The van der Waals surface area contributed by atoms with Crippen LogP contribution >= 0.6 is 0 Å². The summed E-state index contributed by atoms with van der Waals surface area (Å²) in [5.74, 6) is 0.0579. The molecule has 0 radical (unpaired) electrons. The molecule has 0 atom stereocenters. The lowest BCUT2D eigenvalue weighted by molar-refractivity contribution is -0.128. The lowest BCUT2D eigenvalue weighted by Gasteiger charge is -2.17. The van der Waals surface area contributed by atoms with Crippen LogP contribution in [0, 0.1) is 19.3 Å². The molecule has 4 nitrogen and oxygen atoms in total. The highest BCUT2D eigenvalue weighted by atomic mass is 16.2. The van der Waals surface area contributed by atoms with E-state index in [1.165, 1.54) is 0 Å². The van der Waals surface area contributed by atoms with Crippen molar-refractivity contribution in [1.82, 2.24) is 15.5 Å². The van der Waals surface area contributed by atoms with Gasteiger partial charge in [0, 0.05) is 23.2 Å². The first kappa shape index (κ1) is 11.8. The molecule has 0 aliphatic carbocycles. The van der Waals surface area contributed by atoms with E-state index in [1.807, 2.05) is 34.6 Å². The van der Waals surface area contributed by atoms with E-state index in [0.29, 0.717) is 6.54 Å². The summed E-state index contributed by atoms with van der Waals surface area (Å²) in [6.45, 7) is 10.1. The molecule has 1 aromatic rings. The van der Waals surface area contributed by atoms with Crippen molar-refractivity contribution in [2.24, 2.45) is 5.41 Å². The quantitative estimate of drug-likeness (QED) is 0.778. The van der Waals surface area contributed by atoms with Gasteiger partial charge in [-0.05, 0) is 13.8 Å². The monoisotopic (exact) mass is 209 g/mol. The van der Waals surface area contributed by atoms with Gasteiger partial charge in [0.1, 0.15) is 0 Å². The summed E-state index contributed by atoms with van der Waals surface area (Å²) >= 11 is 0. The number of aromatic nitrogens is 2. The van der Waals surface area contributed by atoms with Crippen LogP contribution in [0.1, 0.15) is 37.7 Å². The Morgan fingerprint density at radius 1 is 1.40 bits per heavy atom. The molecule has 1 heterocycles. The van der Waals surface area contributed by atoms with Crippen molar-refractivity contribution in [3.8, 4) is 0 Å². The number of amides is 1. The summed E-state index contributed by atoms with van der Waals surface area (Å²) in [7, 11) is 0. The molecule has 4 heteroatoms. The van der Waals surface area contributed by atoms with E-state index in [9.17, 15) is 4.79 Å². The molecule has 0 aliphatic heterocycles. The van der Waals surface area contributed by atoms with Gasteiger partial charge in [0.2, 0.25) is 5.91 Å². The number of aromatic amines is 1. The number of hydrogen-bond donors (Lipinski definition) is 2. The van der Waals surface area contributed by atoms with Gasteiger partial charge in [-0.15, -0.1) is 0 Å². The zero-order chi connectivity index (χ0) is 11.6. The molecule has 0 unspecified atom stereocenters. The minimum atomic E-state index is -0.342. The molecular formula is C11H19N3O. The van der Waals surface area contributed by atoms with Crippen molar-refractivity contribution in [1.29, 1.82) is 0 Å². The van der Waals surface area contributed by atoms with Crippen molar-refractivity contribution in [3.05, 3.63) is 17.0 Å². The first-order chi connectivity index (χ1) is 6.82. The Hall–Kier alpha value is -1.32. The fourth-order valence-corrected chi connectivity index (χ4v) is 1.27. The summed E-state index contributed by atoms with van der Waals surface area (Å²) < 4.78 is 0. The van der Waals surface area contributed by atoms with Gasteiger partial charge in [0.05, 0.1) is 5.69 Å². The molecule has 2 N–H and O–H groups in total. The van der Waals surface area contributed by atoms with Gasteiger partial charge in [0.15, 0.2) is 0 Å². The topological polar surface area (TPSA) is 57.8 Å². The van der Waals surface area contributed by atoms with Crippen LogP contribution in [0.2, 0.25) is 0 Å². The molecule has 0 spiro atoms. The first-order valence-corrected chi connectivity index (χ1v) is 5.11. The fourth-order valence-electron chi connectivity index (χ4n) is 1.27. The average molecular weight is 209 g/mol. The standard InChI is InChI=1S/C11H19N3O/c1-7-9(8(2)14-13-7)6-12-10(15)11(3,4)5/h6H2,1-5H3,(H,12,15)(H,13,14). The Morgan fingerprint density at radius 3 is 2.40 bits per heavy atom. The van der Waals surface area contributed by atoms with Gasteiger partial charge in [0.25, 0.3) is 0 Å². The van der Waals surface area contributed by atoms with Crippen LogP contribution in [0.25, 0.3) is 0 Å². The van der Waals surface area contributed by atoms with Crippen LogP contribution in [-0.2, 0) is 11.3 Å². The Bertz CT molecular complexity index is 341. The summed E-state index contributed by atoms with van der Waals surface area (Å²) in [5, 5.41) is 9.89. The second kappa shape index (κ2) is 4.04. The highest BCUT2D eigenvalue weighted by molar-refractivity contribution is 5.81. The zero-order valence-electron chi connectivity index (χ0n) is 10.1. The van der Waals surface area contributed by atoms with Gasteiger partial charge in [-0.2, -0.15) is 5.10 Å². The molecular weight excluding hydrogens is 190 g/mol. The Morgan fingerprint density at radius 2 is 2.00 bits per heavy atom. The van der Waals surface area contributed by atoms with Crippen LogP contribution in [0.5, 0.6) is 0 Å². The zero-order valence-corrected chi connectivity index (χ0v) is 10.1. The predicted molar refractivity (Wildman–Crippen MR) is 59.4 cm³/mol. The predicted octanol–water partition coefficient (Wildman–Crippen LogP) is 1.69. The Labute approximate surface area is 90.5 Å². The van der Waals surface area contributed by atoms with Crippen molar-refractivity contribution in [3.63, 3.8) is 0 Å². The van der Waals surface area contributed by atoms with Crippen LogP contribution in [0.3, 0.4) is 0 Å². The lowest BCUT2D eigenvalue weighted by atomic mass is 9.95. The van der Waals surface area contributed by atoms with E-state index < -0.39 is 0 Å². The van der Waals surface area contributed by atoms with Gasteiger partial charge in [-0.1, -0.05) is 20.8 Å². The molecule has 0 bridgehead atoms. The van der Waals surface area contributed by atoms with E-state index in [2.05, 4.69) is 15.5 Å². The van der Waals surface area contributed by atoms with Crippen molar-refractivity contribution in [2.45, 2.75) is 41.2 Å². The SMILES string of the molecule is Cc1n[nH]c(C)c1CNC(=O)C(C)(C)C. The maximum atomic E-state index is 11.6. The molecule has 0 saturated heterocycles. The highest BCUT2D eigenvalue weighted by Crippen LogP contribution is 2.14. The third-order valence-electron chi connectivity index (χ3n) is 2.39. The Kier molecular flexibility index (Phi) is 3.17. The molecule has 0 saturated carbocycles. The van der Waals surface area contributed by atoms with Crippen molar-refractivity contribution < 1.29 is 4.79 Å². The maximum absolute atomic E-state index is 11.6. The molecule has 0 fully saturated rings. The second-order valence-corrected chi connectivity index (χ2v) is 4.85. The summed E-state index contributed by atoms with van der Waals surface area (Å²) in [5.41, 5.74) is 2.70. The molecule has 0 aromatic carbocycles. The number of hydrogen-bond acceptors (Lipinski definition) is 2. The minimum absolute atomic E-state index is 0.0579. The molecule has 84 valence electrons. The third kappa shape index (κ3) is 2.81. The highest BCUT2D eigenvalue weighted by Gasteiger charge is 2.21. The summed E-state index contributed by atoms with van der Waals surface area (Å²) in [4.78, 5) is 11.6. The number of carbonyl (C=O) groups is 1. The fraction of sp³-hybridized carbons (Fsp3) is 0.636. The van der Waals surface area contributed by atoms with Crippen LogP contribution < -0.4 is 5.32 Å². The van der Waals surface area contributed by atoms with E-state index in [0.717, 1.165) is 17.0 Å². The minimum Gasteiger partial charge on any atom is -0.351 e. The number of nitrogens with zero attached hydrogens (tertiary/aromatic N) is 1. The average Bonchev–Trinajstić information content (AvgIpc) is 2.41. The number of nitrogens with one attached hydrogen (secondary N) is 2. The van der Waals surface area contributed by atoms with Crippen LogP contribution in [0.15, 0.2) is 0 Å². The molecule has 1 amide bonds. The lowest BCUT2D eigenvalue weighted by Crippen LogP contribution is -2.34. The maximum Gasteiger partial charge on any atom is 0.225 e. The van der Waals surface area contributed by atoms with Gasteiger partial charge >= 0.3 is 0 Å². The normalized spacial score (nSPS) is 11.5. The number of aryl methyl sites for hydroxylation is 2. The summed E-state index contributed by atoms with van der Waals surface area (Å²) in [6.07, 6.45) is 0. The third-order valence-corrected chi connectivity index (χ3v) is 2.39. The van der Waals surface area contributed by atoms with Crippen LogP contribution in [0.4, 0.5) is 0 Å². The number of H-pyrrole nitrogens is 1. The summed E-state index contributed by atoms with van der Waals surface area (Å²) in [6, 6.07) is 0. The number of carbonyl (C=O) groups excluding carboxylic acids is 1. The van der Waals surface area contributed by atoms with E-state index in [1.54, 1.807) is 0 Å². The molecule has 15 heavy (non-hydrogen) atoms. The van der Waals surface area contributed by atoms with Gasteiger partial charge < -0.3 is 5.32 Å². The van der Waals surface area contributed by atoms with E-state index in [-0.39, 0.29) is 11.3 Å². The molecule has 1 aromatic heterocycles. The van der Waals surface area contributed by atoms with Crippen LogP contribution in [-0.4, -0.2) is 16.1 Å². The second-order valence-electron chi connectivity index (χ2n) is 4.85. The van der Waals surface area contributed by atoms with E-state index in [4.69, 9.17) is 0 Å². The van der Waals surface area contributed by atoms with Crippen molar-refractivity contribution >= 4 is 5.91 Å². The van der Waals surface area contributed by atoms with Crippen molar-refractivity contribution in [2.75, 3.05) is 0 Å². The van der Waals surface area contributed by atoms with Gasteiger partial charge in [-0.3, -0.25) is 9.89 Å². The smallest absolute Gasteiger partial charge is 0.225 e. The molecule has 0 aliphatic rings. The molecule has 1 rings (SSSR count). The first-order valence-electron chi connectivity index (χ1n) is 5.11. The Balaban J connectivity index is 2.62. The van der Waals surface area contributed by atoms with E-state index >= 15 is 0 Å². The van der Waals surface area contributed by atoms with Gasteiger partial charge in [-0.25, -0.2) is 0 Å². The largest absolute Gasteiger partial charge is 0.351 e. The number of rotatable bonds is 2.